The molecule has 6 heteroatoms. The van der Waals surface area contributed by atoms with Gasteiger partial charge >= 0.3 is 0 Å². The summed E-state index contributed by atoms with van der Waals surface area (Å²) >= 11 is 0. The van der Waals surface area contributed by atoms with Gasteiger partial charge in [0.15, 0.2) is 5.82 Å². The van der Waals surface area contributed by atoms with E-state index in [0.29, 0.717) is 19.0 Å². The summed E-state index contributed by atoms with van der Waals surface area (Å²) in [6, 6.07) is 7.36. The van der Waals surface area contributed by atoms with Crippen molar-refractivity contribution in [3.63, 3.8) is 0 Å². The predicted molar refractivity (Wildman–Crippen MR) is 66.2 cm³/mol. The standard InChI is InChI=1S/C12H16N4O2/c1-16-12(7-13)14-11(15-16)8-18-10-5-3-9(17-2)4-6-10/h3-6H,7-8,13H2,1-2H3. The van der Waals surface area contributed by atoms with Gasteiger partial charge in [-0.15, -0.1) is 0 Å². The summed E-state index contributed by atoms with van der Waals surface area (Å²) in [5.74, 6) is 2.90. The molecule has 0 fully saturated rings. The van der Waals surface area contributed by atoms with Gasteiger partial charge in [0, 0.05) is 7.05 Å². The van der Waals surface area contributed by atoms with Crippen LogP contribution in [0.4, 0.5) is 0 Å². The quantitative estimate of drug-likeness (QED) is 0.849. The Balaban J connectivity index is 1.97. The van der Waals surface area contributed by atoms with Crippen molar-refractivity contribution in [1.29, 1.82) is 0 Å². The van der Waals surface area contributed by atoms with Gasteiger partial charge in [-0.3, -0.25) is 4.68 Å². The second kappa shape index (κ2) is 5.50. The van der Waals surface area contributed by atoms with E-state index in [9.17, 15) is 0 Å². The molecule has 0 saturated carbocycles. The average molecular weight is 248 g/mol. The fraction of sp³-hybridized carbons (Fsp3) is 0.333. The highest BCUT2D eigenvalue weighted by molar-refractivity contribution is 5.31. The molecular weight excluding hydrogens is 232 g/mol. The smallest absolute Gasteiger partial charge is 0.188 e. The Morgan fingerprint density at radius 2 is 1.89 bits per heavy atom. The van der Waals surface area contributed by atoms with Crippen molar-refractivity contribution in [2.45, 2.75) is 13.2 Å². The highest BCUT2D eigenvalue weighted by atomic mass is 16.5. The molecule has 2 rings (SSSR count). The van der Waals surface area contributed by atoms with E-state index in [1.165, 1.54) is 0 Å². The maximum absolute atomic E-state index is 5.57. The van der Waals surface area contributed by atoms with E-state index in [1.807, 2.05) is 31.3 Å². The number of aryl methyl sites for hydroxylation is 1. The van der Waals surface area contributed by atoms with Gasteiger partial charge in [-0.1, -0.05) is 0 Å². The summed E-state index contributed by atoms with van der Waals surface area (Å²) in [7, 11) is 3.44. The van der Waals surface area contributed by atoms with Crippen molar-refractivity contribution in [2.24, 2.45) is 12.8 Å². The van der Waals surface area contributed by atoms with Crippen LogP contribution in [0.5, 0.6) is 11.5 Å². The fourth-order valence-electron chi connectivity index (χ4n) is 1.53. The Bertz CT molecular complexity index is 507. The van der Waals surface area contributed by atoms with Gasteiger partial charge in [0.25, 0.3) is 0 Å². The summed E-state index contributed by atoms with van der Waals surface area (Å²) in [6.07, 6.45) is 0. The molecule has 1 aromatic heterocycles. The first-order valence-electron chi connectivity index (χ1n) is 5.58. The van der Waals surface area contributed by atoms with Crippen LogP contribution in [0.15, 0.2) is 24.3 Å². The molecule has 0 atom stereocenters. The van der Waals surface area contributed by atoms with E-state index < -0.39 is 0 Å². The van der Waals surface area contributed by atoms with Crippen LogP contribution in [-0.2, 0) is 20.2 Å². The van der Waals surface area contributed by atoms with Crippen molar-refractivity contribution in [3.05, 3.63) is 35.9 Å². The zero-order valence-electron chi connectivity index (χ0n) is 10.5. The largest absolute Gasteiger partial charge is 0.497 e. The monoisotopic (exact) mass is 248 g/mol. The first-order chi connectivity index (χ1) is 8.72. The zero-order valence-corrected chi connectivity index (χ0v) is 10.5. The van der Waals surface area contributed by atoms with Crippen LogP contribution in [0.1, 0.15) is 11.6 Å². The highest BCUT2D eigenvalue weighted by Gasteiger charge is 2.06. The molecular formula is C12H16N4O2. The Labute approximate surface area is 105 Å². The van der Waals surface area contributed by atoms with E-state index in [1.54, 1.807) is 11.8 Å². The number of methoxy groups -OCH3 is 1. The minimum atomic E-state index is 0.320. The number of benzene rings is 1. The molecule has 6 nitrogen and oxygen atoms in total. The average Bonchev–Trinajstić information content (AvgIpc) is 2.77. The van der Waals surface area contributed by atoms with Crippen LogP contribution in [0.3, 0.4) is 0 Å². The van der Waals surface area contributed by atoms with Crippen molar-refractivity contribution >= 4 is 0 Å². The summed E-state index contributed by atoms with van der Waals surface area (Å²) < 4.78 is 12.3. The molecule has 0 aliphatic rings. The second-order valence-electron chi connectivity index (χ2n) is 3.74. The molecule has 18 heavy (non-hydrogen) atoms. The zero-order chi connectivity index (χ0) is 13.0. The molecule has 0 saturated heterocycles. The van der Waals surface area contributed by atoms with Gasteiger partial charge in [0.1, 0.15) is 23.9 Å². The number of hydrogen-bond donors (Lipinski definition) is 1. The van der Waals surface area contributed by atoms with Gasteiger partial charge < -0.3 is 15.2 Å². The number of ether oxygens (including phenoxy) is 2. The number of nitrogens with zero attached hydrogens (tertiary/aromatic N) is 3. The third kappa shape index (κ3) is 2.78. The van der Waals surface area contributed by atoms with E-state index in [0.717, 1.165) is 17.3 Å². The van der Waals surface area contributed by atoms with Crippen molar-refractivity contribution in [1.82, 2.24) is 14.8 Å². The molecule has 0 spiro atoms. The van der Waals surface area contributed by atoms with E-state index in [2.05, 4.69) is 10.1 Å². The Morgan fingerprint density at radius 1 is 1.22 bits per heavy atom. The molecule has 0 unspecified atom stereocenters. The SMILES string of the molecule is COc1ccc(OCc2nc(CN)n(C)n2)cc1. The lowest BCUT2D eigenvalue weighted by atomic mass is 10.3. The lowest BCUT2D eigenvalue weighted by molar-refractivity contribution is 0.295. The summed E-state index contributed by atoms with van der Waals surface area (Å²) in [4.78, 5) is 4.25. The van der Waals surface area contributed by atoms with Crippen LogP contribution < -0.4 is 15.2 Å². The van der Waals surface area contributed by atoms with Crippen molar-refractivity contribution in [2.75, 3.05) is 7.11 Å². The normalized spacial score (nSPS) is 10.4. The summed E-state index contributed by atoms with van der Waals surface area (Å²) in [6.45, 7) is 0.687. The van der Waals surface area contributed by atoms with Crippen molar-refractivity contribution < 1.29 is 9.47 Å². The van der Waals surface area contributed by atoms with Crippen molar-refractivity contribution in [3.8, 4) is 11.5 Å². The first kappa shape index (κ1) is 12.4. The predicted octanol–water partition coefficient (Wildman–Crippen LogP) is 0.861. The van der Waals surface area contributed by atoms with Crippen LogP contribution in [0.25, 0.3) is 0 Å². The minimum Gasteiger partial charge on any atom is -0.497 e. The summed E-state index contributed by atoms with van der Waals surface area (Å²) in [5.41, 5.74) is 5.53. The molecule has 1 heterocycles. The molecule has 96 valence electrons. The second-order valence-corrected chi connectivity index (χ2v) is 3.74. The topological polar surface area (TPSA) is 75.2 Å². The fourth-order valence-corrected chi connectivity index (χ4v) is 1.53. The van der Waals surface area contributed by atoms with Gasteiger partial charge in [0.2, 0.25) is 0 Å². The molecule has 2 N–H and O–H groups in total. The number of hydrogen-bond acceptors (Lipinski definition) is 5. The van der Waals surface area contributed by atoms with Gasteiger partial charge in [-0.05, 0) is 24.3 Å². The first-order valence-corrected chi connectivity index (χ1v) is 5.58. The number of aromatic nitrogens is 3. The lowest BCUT2D eigenvalue weighted by Crippen LogP contribution is -2.05. The Hall–Kier alpha value is -2.08. The molecule has 0 aliphatic heterocycles. The molecule has 0 bridgehead atoms. The van der Waals surface area contributed by atoms with Crippen LogP contribution in [-0.4, -0.2) is 21.9 Å². The van der Waals surface area contributed by atoms with Gasteiger partial charge in [-0.25, -0.2) is 4.98 Å². The van der Waals surface area contributed by atoms with Gasteiger partial charge in [-0.2, -0.15) is 5.10 Å². The maximum Gasteiger partial charge on any atom is 0.188 e. The van der Waals surface area contributed by atoms with E-state index in [-0.39, 0.29) is 0 Å². The number of rotatable bonds is 5. The number of nitrogens with two attached hydrogens (primary N) is 1. The lowest BCUT2D eigenvalue weighted by Gasteiger charge is -2.04. The molecule has 1 aromatic carbocycles. The van der Waals surface area contributed by atoms with Crippen LogP contribution >= 0.6 is 0 Å². The molecule has 2 aromatic rings. The van der Waals surface area contributed by atoms with Crippen LogP contribution in [0, 0.1) is 0 Å². The Kier molecular flexibility index (Phi) is 3.78. The van der Waals surface area contributed by atoms with E-state index >= 15 is 0 Å². The van der Waals surface area contributed by atoms with Crippen LogP contribution in [0.2, 0.25) is 0 Å². The van der Waals surface area contributed by atoms with E-state index in [4.69, 9.17) is 15.2 Å². The third-order valence-corrected chi connectivity index (χ3v) is 2.51. The highest BCUT2D eigenvalue weighted by Crippen LogP contribution is 2.17. The van der Waals surface area contributed by atoms with Gasteiger partial charge in [0.05, 0.1) is 13.7 Å². The molecule has 0 radical (unpaired) electrons. The molecule has 0 amide bonds. The third-order valence-electron chi connectivity index (χ3n) is 2.51. The Morgan fingerprint density at radius 3 is 2.44 bits per heavy atom. The summed E-state index contributed by atoms with van der Waals surface area (Å²) in [5, 5.41) is 4.21. The minimum absolute atomic E-state index is 0.320. The molecule has 0 aliphatic carbocycles. The maximum atomic E-state index is 5.57.